The lowest BCUT2D eigenvalue weighted by molar-refractivity contribution is -0.134. The van der Waals surface area contributed by atoms with Gasteiger partial charge >= 0.3 is 21.6 Å². The van der Waals surface area contributed by atoms with Crippen LogP contribution in [0.5, 0.6) is 0 Å². The normalized spacial score (nSPS) is 20.1. The molecule has 1 rings (SSSR count). The van der Waals surface area contributed by atoms with Crippen LogP contribution in [0.25, 0.3) is 0 Å². The van der Waals surface area contributed by atoms with Crippen LogP contribution in [-0.4, -0.2) is 37.2 Å². The standard InChI is InChI=1S/C8H9F3O6S/c1-7(2)5(6(12)13)4(3-16-7)17-18(14,15)8(9,10)11/h3H2,1-2H3,(H,12,13). The Morgan fingerprint density at radius 2 is 1.94 bits per heavy atom. The minimum atomic E-state index is -5.90. The van der Waals surface area contributed by atoms with E-state index in [4.69, 9.17) is 9.84 Å². The molecule has 0 aliphatic carbocycles. The summed E-state index contributed by atoms with van der Waals surface area (Å²) < 4.78 is 66.4. The summed E-state index contributed by atoms with van der Waals surface area (Å²) >= 11 is 0. The van der Waals surface area contributed by atoms with Crippen molar-refractivity contribution in [3.63, 3.8) is 0 Å². The largest absolute Gasteiger partial charge is 0.534 e. The van der Waals surface area contributed by atoms with Gasteiger partial charge in [0.05, 0.1) is 5.60 Å². The lowest BCUT2D eigenvalue weighted by Gasteiger charge is -2.17. The molecule has 0 atom stereocenters. The molecule has 0 aromatic heterocycles. The van der Waals surface area contributed by atoms with E-state index >= 15 is 0 Å². The average molecular weight is 290 g/mol. The summed E-state index contributed by atoms with van der Waals surface area (Å²) in [6.07, 6.45) is 0. The molecule has 0 fully saturated rings. The van der Waals surface area contributed by atoms with Crippen LogP contribution in [0, 0.1) is 0 Å². The summed E-state index contributed by atoms with van der Waals surface area (Å²) in [5.41, 5.74) is -7.71. The van der Waals surface area contributed by atoms with Gasteiger partial charge in [0.2, 0.25) is 0 Å². The van der Waals surface area contributed by atoms with Gasteiger partial charge in [-0.1, -0.05) is 0 Å². The van der Waals surface area contributed by atoms with Crippen LogP contribution in [0.3, 0.4) is 0 Å². The van der Waals surface area contributed by atoms with Crippen molar-refractivity contribution in [1.82, 2.24) is 0 Å². The Morgan fingerprint density at radius 1 is 1.44 bits per heavy atom. The summed E-state index contributed by atoms with van der Waals surface area (Å²) in [6.45, 7) is 1.88. The second-order valence-electron chi connectivity index (χ2n) is 3.89. The number of carboxylic acids is 1. The molecule has 0 spiro atoms. The molecule has 1 aliphatic rings. The monoisotopic (exact) mass is 290 g/mol. The first-order valence-electron chi connectivity index (χ1n) is 4.50. The van der Waals surface area contributed by atoms with Gasteiger partial charge in [-0.2, -0.15) is 21.6 Å². The van der Waals surface area contributed by atoms with Crippen LogP contribution < -0.4 is 0 Å². The minimum Gasteiger partial charge on any atom is -0.478 e. The Labute approximate surface area is 100 Å². The van der Waals surface area contributed by atoms with E-state index in [2.05, 4.69) is 4.18 Å². The molecule has 1 heterocycles. The highest BCUT2D eigenvalue weighted by atomic mass is 32.2. The fraction of sp³-hybridized carbons (Fsp3) is 0.625. The molecule has 10 heteroatoms. The topological polar surface area (TPSA) is 89.9 Å². The number of aliphatic carboxylic acids is 1. The Morgan fingerprint density at radius 3 is 2.33 bits per heavy atom. The van der Waals surface area contributed by atoms with Gasteiger partial charge in [0.15, 0.2) is 5.76 Å². The maximum Gasteiger partial charge on any atom is 0.534 e. The molecule has 0 unspecified atom stereocenters. The second kappa shape index (κ2) is 4.12. The van der Waals surface area contributed by atoms with Crippen molar-refractivity contribution in [2.45, 2.75) is 25.0 Å². The number of carboxylic acid groups (broad SMARTS) is 1. The van der Waals surface area contributed by atoms with Crippen LogP contribution in [0.1, 0.15) is 13.8 Å². The van der Waals surface area contributed by atoms with E-state index in [1.165, 1.54) is 13.8 Å². The zero-order valence-electron chi connectivity index (χ0n) is 9.24. The van der Waals surface area contributed by atoms with Gasteiger partial charge in [-0.3, -0.25) is 0 Å². The van der Waals surface area contributed by atoms with Crippen molar-refractivity contribution in [3.8, 4) is 0 Å². The van der Waals surface area contributed by atoms with Crippen LogP contribution in [0.4, 0.5) is 13.2 Å². The van der Waals surface area contributed by atoms with Crippen LogP contribution >= 0.6 is 0 Å². The molecule has 0 amide bonds. The Hall–Kier alpha value is -1.29. The maximum atomic E-state index is 12.1. The summed E-state index contributed by atoms with van der Waals surface area (Å²) in [5.74, 6) is -2.48. The van der Waals surface area contributed by atoms with E-state index in [9.17, 15) is 26.4 Å². The fourth-order valence-corrected chi connectivity index (χ4v) is 1.84. The van der Waals surface area contributed by atoms with Crippen molar-refractivity contribution in [1.29, 1.82) is 0 Å². The predicted octanol–water partition coefficient (Wildman–Crippen LogP) is 1.00. The molecule has 0 bridgehead atoms. The molecule has 6 nitrogen and oxygen atoms in total. The number of halogens is 3. The van der Waals surface area contributed by atoms with Gasteiger partial charge in [0.25, 0.3) is 0 Å². The molecule has 104 valence electrons. The van der Waals surface area contributed by atoms with Crippen LogP contribution in [-0.2, 0) is 23.8 Å². The molecule has 0 aromatic carbocycles. The zero-order valence-corrected chi connectivity index (χ0v) is 10.1. The van der Waals surface area contributed by atoms with Gasteiger partial charge in [-0.25, -0.2) is 4.79 Å². The second-order valence-corrected chi connectivity index (χ2v) is 5.42. The number of ether oxygens (including phenoxy) is 1. The van der Waals surface area contributed by atoms with E-state index in [-0.39, 0.29) is 0 Å². The van der Waals surface area contributed by atoms with E-state index < -0.39 is 45.1 Å². The SMILES string of the molecule is CC1(C)OCC(OS(=O)(=O)C(F)(F)F)=C1C(=O)O. The summed E-state index contributed by atoms with van der Waals surface area (Å²) in [7, 11) is -5.90. The zero-order chi connectivity index (χ0) is 14.4. The number of carbonyl (C=O) groups is 1. The van der Waals surface area contributed by atoms with E-state index in [1.54, 1.807) is 0 Å². The molecule has 0 radical (unpaired) electrons. The number of hydrogen-bond acceptors (Lipinski definition) is 5. The lowest BCUT2D eigenvalue weighted by atomic mass is 9.99. The summed E-state index contributed by atoms with van der Waals surface area (Å²) in [4.78, 5) is 10.9. The molecule has 0 aromatic rings. The maximum absolute atomic E-state index is 12.1. The molecule has 0 saturated heterocycles. The average Bonchev–Trinajstić information content (AvgIpc) is 2.38. The Balaban J connectivity index is 3.19. The minimum absolute atomic E-state index is 0.657. The van der Waals surface area contributed by atoms with Gasteiger partial charge in [-0.05, 0) is 13.8 Å². The fourth-order valence-electron chi connectivity index (χ4n) is 1.35. The van der Waals surface area contributed by atoms with Gasteiger partial charge in [0.1, 0.15) is 12.2 Å². The van der Waals surface area contributed by atoms with E-state index in [1.807, 2.05) is 0 Å². The first-order chi connectivity index (χ1) is 7.88. The first-order valence-corrected chi connectivity index (χ1v) is 5.91. The predicted molar refractivity (Wildman–Crippen MR) is 50.8 cm³/mol. The Kier molecular flexibility index (Phi) is 3.38. The highest BCUT2D eigenvalue weighted by molar-refractivity contribution is 7.87. The quantitative estimate of drug-likeness (QED) is 0.616. The van der Waals surface area contributed by atoms with E-state index in [0.29, 0.717) is 0 Å². The number of alkyl halides is 3. The molecule has 1 aliphatic heterocycles. The lowest BCUT2D eigenvalue weighted by Crippen LogP contribution is -2.28. The molecule has 18 heavy (non-hydrogen) atoms. The van der Waals surface area contributed by atoms with Gasteiger partial charge in [-0.15, -0.1) is 0 Å². The molecule has 1 N–H and O–H groups in total. The van der Waals surface area contributed by atoms with E-state index in [0.717, 1.165) is 0 Å². The smallest absolute Gasteiger partial charge is 0.478 e. The van der Waals surface area contributed by atoms with Crippen molar-refractivity contribution < 1.29 is 40.4 Å². The van der Waals surface area contributed by atoms with Crippen molar-refractivity contribution in [3.05, 3.63) is 11.3 Å². The number of rotatable bonds is 3. The van der Waals surface area contributed by atoms with Gasteiger partial charge in [0, 0.05) is 0 Å². The molecular formula is C8H9F3O6S. The van der Waals surface area contributed by atoms with Crippen LogP contribution in [0.15, 0.2) is 11.3 Å². The Bertz CT molecular complexity index is 501. The van der Waals surface area contributed by atoms with Gasteiger partial charge < -0.3 is 14.0 Å². The summed E-state index contributed by atoms with van der Waals surface area (Å²) in [5, 5.41) is 8.82. The third-order valence-electron chi connectivity index (χ3n) is 2.15. The van der Waals surface area contributed by atoms with Crippen molar-refractivity contribution >= 4 is 16.1 Å². The third-order valence-corrected chi connectivity index (χ3v) is 3.14. The summed E-state index contributed by atoms with van der Waals surface area (Å²) in [6, 6.07) is 0. The van der Waals surface area contributed by atoms with Crippen LogP contribution in [0.2, 0.25) is 0 Å². The molecular weight excluding hydrogens is 281 g/mol. The number of hydrogen-bond donors (Lipinski definition) is 1. The van der Waals surface area contributed by atoms with Crippen molar-refractivity contribution in [2.75, 3.05) is 6.61 Å². The third kappa shape index (κ3) is 2.58. The van der Waals surface area contributed by atoms with Crippen molar-refractivity contribution in [2.24, 2.45) is 0 Å². The highest BCUT2D eigenvalue weighted by Crippen LogP contribution is 2.35. The highest BCUT2D eigenvalue weighted by Gasteiger charge is 2.51. The molecule has 0 saturated carbocycles. The first kappa shape index (κ1) is 14.8.